The second kappa shape index (κ2) is 4.71. The van der Waals surface area contributed by atoms with Crippen molar-refractivity contribution < 1.29 is 0 Å². The Bertz CT molecular complexity index is 142. The van der Waals surface area contributed by atoms with Gasteiger partial charge in [0.05, 0.1) is 0 Å². The second-order valence-corrected chi connectivity index (χ2v) is 24.7. The molecule has 0 bridgehead atoms. The molecule has 0 amide bonds. The van der Waals surface area contributed by atoms with Crippen molar-refractivity contribution in [3.63, 3.8) is 0 Å². The van der Waals surface area contributed by atoms with E-state index in [2.05, 4.69) is 0 Å². The molecular weight excluding hydrogens is 373 g/mol. The summed E-state index contributed by atoms with van der Waals surface area (Å²) in [7, 11) is 12.4. The molecular formula is C4H7Cl4ISi2. The van der Waals surface area contributed by atoms with Crippen LogP contribution in [0.15, 0.2) is 0 Å². The molecule has 1 aliphatic rings. The van der Waals surface area contributed by atoms with Crippen LogP contribution in [0.2, 0.25) is 17.6 Å². The van der Waals surface area contributed by atoms with E-state index in [1.165, 1.54) is 0 Å². The average Bonchev–Trinajstić information content (AvgIpc) is 2.08. The molecule has 0 spiro atoms. The predicted octanol–water partition coefficient (Wildman–Crippen LogP) is 4.53. The van der Waals surface area contributed by atoms with E-state index in [1.54, 1.807) is 0 Å². The van der Waals surface area contributed by atoms with E-state index in [1.807, 2.05) is 0 Å². The summed E-state index contributed by atoms with van der Waals surface area (Å²) in [6.45, 7) is -1.81. The molecule has 0 saturated carbocycles. The van der Waals surface area contributed by atoms with E-state index in [9.17, 15) is 0 Å². The normalized spacial score (nSPS) is 30.5. The molecule has 11 heavy (non-hydrogen) atoms. The van der Waals surface area contributed by atoms with Crippen LogP contribution in [0, 0.1) is 0 Å². The van der Waals surface area contributed by atoms with Gasteiger partial charge in [0.2, 0.25) is 0 Å². The molecule has 0 nitrogen and oxygen atoms in total. The van der Waals surface area contributed by atoms with Crippen LogP contribution < -0.4 is 0 Å². The van der Waals surface area contributed by atoms with Crippen molar-refractivity contribution in [2.45, 2.75) is 24.1 Å². The van der Waals surface area contributed by atoms with Gasteiger partial charge < -0.3 is 0 Å². The number of hydrogen-bond donors (Lipinski definition) is 0. The maximum atomic E-state index is 6.09. The van der Waals surface area contributed by atoms with Crippen LogP contribution in [0.4, 0.5) is 0 Å². The van der Waals surface area contributed by atoms with Crippen LogP contribution in [0.1, 0.15) is 6.42 Å². The fourth-order valence-electron chi connectivity index (χ4n) is 1.16. The van der Waals surface area contributed by atoms with Crippen molar-refractivity contribution in [3.8, 4) is 0 Å². The van der Waals surface area contributed by atoms with Gasteiger partial charge in [-0.25, -0.2) is 0 Å². The van der Waals surface area contributed by atoms with Crippen LogP contribution in [0.3, 0.4) is 0 Å². The summed E-state index contributed by atoms with van der Waals surface area (Å²) in [4.78, 5) is 0. The predicted molar refractivity (Wildman–Crippen MR) is 66.9 cm³/mol. The quantitative estimate of drug-likeness (QED) is 0.375. The van der Waals surface area contributed by atoms with E-state index in [4.69, 9.17) is 40.0 Å². The van der Waals surface area contributed by atoms with Gasteiger partial charge in [-0.3, -0.25) is 0 Å². The van der Waals surface area contributed by atoms with Gasteiger partial charge in [-0.1, -0.05) is 0 Å². The monoisotopic (exact) mass is 378 g/mol. The first-order chi connectivity index (χ1) is 4.99. The molecule has 1 saturated heterocycles. The van der Waals surface area contributed by atoms with Gasteiger partial charge in [-0.2, -0.15) is 0 Å². The van der Waals surface area contributed by atoms with E-state index in [-0.39, 0.29) is 0 Å². The second-order valence-electron chi connectivity index (χ2n) is 2.60. The Kier molecular flexibility index (Phi) is 4.88. The van der Waals surface area contributed by atoms with Crippen molar-refractivity contribution in [1.82, 2.24) is 0 Å². The molecule has 0 aliphatic carbocycles. The molecule has 0 N–H and O–H groups in total. The first kappa shape index (κ1) is 11.4. The topological polar surface area (TPSA) is 0 Å². The zero-order valence-electron chi connectivity index (χ0n) is 5.59. The number of hydrogen-bond acceptors (Lipinski definition) is 0. The summed E-state index contributed by atoms with van der Waals surface area (Å²) in [5, 5.41) is 0. The van der Waals surface area contributed by atoms with Gasteiger partial charge in [-0.05, 0) is 0 Å². The van der Waals surface area contributed by atoms with Crippen molar-refractivity contribution in [2.75, 3.05) is 0 Å². The van der Waals surface area contributed by atoms with E-state index in [0.29, 0.717) is 5.54 Å². The van der Waals surface area contributed by atoms with Gasteiger partial charge in [0.15, 0.2) is 0 Å². The van der Waals surface area contributed by atoms with Gasteiger partial charge in [0.25, 0.3) is 0 Å². The third-order valence-electron chi connectivity index (χ3n) is 1.64. The Morgan fingerprint density at radius 1 is 1.36 bits per heavy atom. The molecule has 1 unspecified atom stereocenters. The van der Waals surface area contributed by atoms with Crippen molar-refractivity contribution in [1.29, 1.82) is 0 Å². The van der Waals surface area contributed by atoms with Gasteiger partial charge >= 0.3 is 94.5 Å². The minimum absolute atomic E-state index is 0.664. The van der Waals surface area contributed by atoms with Gasteiger partial charge in [-0.15, -0.1) is 0 Å². The maximum absolute atomic E-state index is 6.09. The Morgan fingerprint density at radius 2 is 2.00 bits per heavy atom. The van der Waals surface area contributed by atoms with E-state index in [0.717, 1.165) is 25.5 Å². The van der Waals surface area contributed by atoms with Crippen LogP contribution in [-0.2, 0) is 0 Å². The van der Waals surface area contributed by atoms with Gasteiger partial charge in [0.1, 0.15) is 0 Å². The molecule has 0 aromatic rings. The molecule has 1 fully saturated rings. The van der Waals surface area contributed by atoms with Crippen LogP contribution in [0.25, 0.3) is 0 Å². The fraction of sp³-hybridized carbons (Fsp3) is 1.00. The summed E-state index contributed by atoms with van der Waals surface area (Å²) < 4.78 is 0. The van der Waals surface area contributed by atoms with Crippen LogP contribution in [-0.4, -0.2) is 13.7 Å². The molecule has 1 heterocycles. The zero-order chi connectivity index (χ0) is 8.48. The van der Waals surface area contributed by atoms with E-state index >= 15 is 0 Å². The summed E-state index contributed by atoms with van der Waals surface area (Å²) in [6.07, 6.45) is 1.16. The Labute approximate surface area is 93.4 Å². The summed E-state index contributed by atoms with van der Waals surface area (Å²) in [5.74, 6) is 0. The summed E-state index contributed by atoms with van der Waals surface area (Å²) in [5.41, 5.74) is 0.664. The minimum atomic E-state index is -1.81. The summed E-state index contributed by atoms with van der Waals surface area (Å²) in [6, 6.07) is 2.05. The standard InChI is InChI=1S/C4H7Cl4ISi2/c5-9(6)10-4-1-2-11(7,8)3-4/h4H,1-3H2. The molecule has 66 valence electrons. The van der Waals surface area contributed by atoms with Crippen molar-refractivity contribution in [2.24, 2.45) is 0 Å². The van der Waals surface area contributed by atoms with Crippen LogP contribution >= 0.6 is 56.7 Å². The summed E-state index contributed by atoms with van der Waals surface area (Å²) >= 11 is 10.6. The molecule has 1 atom stereocenters. The SMILES string of the molecule is ClI(Cl)[Si]C1CC[Si](Cl)(Cl)C1. The zero-order valence-corrected chi connectivity index (χ0v) is 12.8. The molecule has 2 radical (unpaired) electrons. The first-order valence-corrected chi connectivity index (χ1v) is 17.3. The third-order valence-corrected chi connectivity index (χ3v) is 14.6. The average molecular weight is 380 g/mol. The molecule has 1 aliphatic heterocycles. The Balaban J connectivity index is 2.31. The molecule has 7 heteroatoms. The fourth-order valence-corrected chi connectivity index (χ4v) is 17.3. The Hall–Kier alpha value is 2.32. The van der Waals surface area contributed by atoms with E-state index < -0.39 is 23.5 Å². The van der Waals surface area contributed by atoms with Gasteiger partial charge in [0, 0.05) is 0 Å². The van der Waals surface area contributed by atoms with Crippen LogP contribution in [0.5, 0.6) is 0 Å². The first-order valence-electron chi connectivity index (χ1n) is 3.16. The number of halogens is 5. The van der Waals surface area contributed by atoms with Crippen molar-refractivity contribution >= 4 is 70.5 Å². The third kappa shape index (κ3) is 4.38. The molecule has 1 rings (SSSR count). The van der Waals surface area contributed by atoms with Crippen molar-refractivity contribution in [3.05, 3.63) is 0 Å². The Morgan fingerprint density at radius 3 is 2.36 bits per heavy atom. The number of rotatable bonds is 2. The molecule has 0 aromatic heterocycles. The molecule has 0 aromatic carbocycles.